The Balaban J connectivity index is 3.96. The zero-order valence-electron chi connectivity index (χ0n) is 7.80. The van der Waals surface area contributed by atoms with Gasteiger partial charge in [-0.1, -0.05) is 32.4 Å². The van der Waals surface area contributed by atoms with Crippen molar-refractivity contribution in [1.29, 1.82) is 5.41 Å². The van der Waals surface area contributed by atoms with Gasteiger partial charge in [-0.3, -0.25) is 0 Å². The summed E-state index contributed by atoms with van der Waals surface area (Å²) in [6.45, 7) is 6.48. The number of nitrogens with one attached hydrogen (secondary N) is 1. The van der Waals surface area contributed by atoms with Gasteiger partial charge in [-0.25, -0.2) is 0 Å². The van der Waals surface area contributed by atoms with E-state index in [0.717, 1.165) is 6.42 Å². The summed E-state index contributed by atoms with van der Waals surface area (Å²) in [4.78, 5) is 0. The van der Waals surface area contributed by atoms with Gasteiger partial charge in [-0.05, 0) is 31.4 Å². The van der Waals surface area contributed by atoms with Crippen molar-refractivity contribution in [2.45, 2.75) is 33.6 Å². The van der Waals surface area contributed by atoms with Crippen LogP contribution in [0.3, 0.4) is 0 Å². The summed E-state index contributed by atoms with van der Waals surface area (Å²) in [5.41, 5.74) is 0. The van der Waals surface area contributed by atoms with E-state index >= 15 is 0 Å². The van der Waals surface area contributed by atoms with E-state index in [1.165, 1.54) is 12.6 Å². The van der Waals surface area contributed by atoms with E-state index in [-0.39, 0.29) is 0 Å². The summed E-state index contributed by atoms with van der Waals surface area (Å²) < 4.78 is 0. The van der Waals surface area contributed by atoms with Gasteiger partial charge in [0, 0.05) is 0 Å². The Labute approximate surface area is 70.0 Å². The smallest absolute Gasteiger partial charge is 0.00418 e. The first kappa shape index (κ1) is 10.4. The molecule has 0 radical (unpaired) electrons. The van der Waals surface area contributed by atoms with Gasteiger partial charge in [0.15, 0.2) is 0 Å². The molecule has 1 unspecified atom stereocenters. The molecule has 0 aromatic carbocycles. The van der Waals surface area contributed by atoms with Crippen LogP contribution in [0.2, 0.25) is 0 Å². The minimum atomic E-state index is 0.572. The van der Waals surface area contributed by atoms with Crippen LogP contribution in [0.4, 0.5) is 0 Å². The van der Waals surface area contributed by atoms with Crippen molar-refractivity contribution in [3.05, 3.63) is 12.2 Å². The molecular weight excluding hydrogens is 134 g/mol. The van der Waals surface area contributed by atoms with Crippen LogP contribution < -0.4 is 0 Å². The predicted octanol–water partition coefficient (Wildman–Crippen LogP) is 3.26. The molecule has 0 bridgehead atoms. The molecule has 0 rings (SSSR count). The highest BCUT2D eigenvalue weighted by molar-refractivity contribution is 5.53. The maximum Gasteiger partial charge on any atom is -0.00418 e. The third kappa shape index (κ3) is 3.97. The molecule has 0 saturated carbocycles. The fraction of sp³-hybridized carbons (Fsp3) is 0.700. The molecule has 0 amide bonds. The molecule has 11 heavy (non-hydrogen) atoms. The molecule has 0 aromatic rings. The lowest BCUT2D eigenvalue weighted by Crippen LogP contribution is -2.08. The average molecular weight is 153 g/mol. The lowest BCUT2D eigenvalue weighted by atomic mass is 9.89. The van der Waals surface area contributed by atoms with Gasteiger partial charge in [0.25, 0.3) is 0 Å². The van der Waals surface area contributed by atoms with E-state index in [2.05, 4.69) is 26.0 Å². The van der Waals surface area contributed by atoms with Crippen LogP contribution in [-0.4, -0.2) is 6.21 Å². The molecule has 0 aromatic heterocycles. The van der Waals surface area contributed by atoms with Gasteiger partial charge < -0.3 is 5.41 Å². The molecule has 1 N–H and O–H groups in total. The Bertz CT molecular complexity index is 127. The molecule has 2 atom stereocenters. The van der Waals surface area contributed by atoms with Crippen molar-refractivity contribution >= 4 is 6.21 Å². The average Bonchev–Trinajstić information content (AvgIpc) is 2.03. The molecule has 0 aliphatic heterocycles. The topological polar surface area (TPSA) is 23.9 Å². The van der Waals surface area contributed by atoms with Crippen molar-refractivity contribution in [2.75, 3.05) is 0 Å². The molecule has 1 nitrogen and oxygen atoms in total. The molecule has 64 valence electrons. The number of hydrogen-bond acceptors (Lipinski definition) is 1. The first-order chi connectivity index (χ1) is 5.26. The summed E-state index contributed by atoms with van der Waals surface area (Å²) in [6, 6.07) is 0. The quantitative estimate of drug-likeness (QED) is 0.463. The molecule has 0 fully saturated rings. The Morgan fingerprint density at radius 2 is 2.09 bits per heavy atom. The first-order valence-corrected chi connectivity index (χ1v) is 4.38. The van der Waals surface area contributed by atoms with Crippen LogP contribution in [0.5, 0.6) is 0 Å². The van der Waals surface area contributed by atoms with E-state index in [4.69, 9.17) is 5.41 Å². The zero-order chi connectivity index (χ0) is 8.69. The maximum absolute atomic E-state index is 7.02. The molecule has 0 spiro atoms. The molecule has 0 saturated heterocycles. The Morgan fingerprint density at radius 3 is 2.45 bits per heavy atom. The first-order valence-electron chi connectivity index (χ1n) is 4.38. The normalized spacial score (nSPS) is 16.6. The van der Waals surface area contributed by atoms with Gasteiger partial charge in [0.05, 0.1) is 0 Å². The second-order valence-electron chi connectivity index (χ2n) is 3.01. The van der Waals surface area contributed by atoms with Crippen molar-refractivity contribution in [2.24, 2.45) is 11.8 Å². The Morgan fingerprint density at radius 1 is 1.45 bits per heavy atom. The second-order valence-corrected chi connectivity index (χ2v) is 3.01. The number of rotatable bonds is 5. The van der Waals surface area contributed by atoms with E-state index in [0.29, 0.717) is 11.8 Å². The van der Waals surface area contributed by atoms with Crippen molar-refractivity contribution < 1.29 is 0 Å². The number of allylic oxidation sites excluding steroid dienone is 2. The van der Waals surface area contributed by atoms with Gasteiger partial charge in [-0.2, -0.15) is 0 Å². The van der Waals surface area contributed by atoms with Crippen molar-refractivity contribution in [1.82, 2.24) is 0 Å². The zero-order valence-corrected chi connectivity index (χ0v) is 7.80. The fourth-order valence-electron chi connectivity index (χ4n) is 1.19. The van der Waals surface area contributed by atoms with Gasteiger partial charge in [-0.15, -0.1) is 0 Å². The monoisotopic (exact) mass is 153 g/mol. The lowest BCUT2D eigenvalue weighted by molar-refractivity contribution is 0.429. The van der Waals surface area contributed by atoms with Gasteiger partial charge >= 0.3 is 0 Å². The third-order valence-corrected chi connectivity index (χ3v) is 2.20. The SMILES string of the molecule is C/C=C\C(CC=N)[C@@H](C)CC. The fourth-order valence-corrected chi connectivity index (χ4v) is 1.19. The molecule has 0 aliphatic rings. The number of hydrogen-bond donors (Lipinski definition) is 1. The predicted molar refractivity (Wildman–Crippen MR) is 51.2 cm³/mol. The van der Waals surface area contributed by atoms with Crippen LogP contribution >= 0.6 is 0 Å². The summed E-state index contributed by atoms with van der Waals surface area (Å²) in [6.07, 6.45) is 7.89. The maximum atomic E-state index is 7.02. The minimum absolute atomic E-state index is 0.572. The summed E-state index contributed by atoms with van der Waals surface area (Å²) >= 11 is 0. The largest absolute Gasteiger partial charge is 0.313 e. The summed E-state index contributed by atoms with van der Waals surface area (Å²) in [5, 5.41) is 7.02. The highest BCUT2D eigenvalue weighted by Crippen LogP contribution is 2.18. The van der Waals surface area contributed by atoms with E-state index in [1.54, 1.807) is 0 Å². The lowest BCUT2D eigenvalue weighted by Gasteiger charge is -2.16. The molecular formula is C10H19N. The van der Waals surface area contributed by atoms with Gasteiger partial charge in [0.1, 0.15) is 0 Å². The van der Waals surface area contributed by atoms with Crippen LogP contribution in [0.15, 0.2) is 12.2 Å². The van der Waals surface area contributed by atoms with Crippen LogP contribution in [0.25, 0.3) is 0 Å². The van der Waals surface area contributed by atoms with Crippen LogP contribution in [0.1, 0.15) is 33.6 Å². The van der Waals surface area contributed by atoms with Crippen molar-refractivity contribution in [3.63, 3.8) is 0 Å². The van der Waals surface area contributed by atoms with Crippen molar-refractivity contribution in [3.8, 4) is 0 Å². The molecule has 0 heterocycles. The molecule has 1 heteroatoms. The third-order valence-electron chi connectivity index (χ3n) is 2.20. The highest BCUT2D eigenvalue weighted by Gasteiger charge is 2.09. The van der Waals surface area contributed by atoms with E-state index in [1.807, 2.05) is 6.92 Å². The summed E-state index contributed by atoms with van der Waals surface area (Å²) in [7, 11) is 0. The molecule has 0 aliphatic carbocycles. The summed E-state index contributed by atoms with van der Waals surface area (Å²) in [5.74, 6) is 1.27. The highest BCUT2D eigenvalue weighted by atomic mass is 14.3. The minimum Gasteiger partial charge on any atom is -0.313 e. The second kappa shape index (κ2) is 6.14. The Kier molecular flexibility index (Phi) is 5.81. The van der Waals surface area contributed by atoms with E-state index in [9.17, 15) is 0 Å². The van der Waals surface area contributed by atoms with E-state index < -0.39 is 0 Å². The Hall–Kier alpha value is -0.590. The van der Waals surface area contributed by atoms with Crippen LogP contribution in [0, 0.1) is 17.2 Å². The van der Waals surface area contributed by atoms with Crippen LogP contribution in [-0.2, 0) is 0 Å². The van der Waals surface area contributed by atoms with Gasteiger partial charge in [0.2, 0.25) is 0 Å². The standard InChI is InChI=1S/C10H19N/c1-4-6-10(7-8-11)9(3)5-2/h4,6,8-11H,5,7H2,1-3H3/b6-4-,11-8?/t9-,10?/m0/s1.